The van der Waals surface area contributed by atoms with E-state index >= 15 is 4.39 Å². The van der Waals surface area contributed by atoms with Gasteiger partial charge in [0.2, 0.25) is 10.0 Å². The quantitative estimate of drug-likeness (QED) is 0.274. The van der Waals surface area contributed by atoms with Crippen molar-refractivity contribution in [3.8, 4) is 5.75 Å². The van der Waals surface area contributed by atoms with Gasteiger partial charge in [-0.25, -0.2) is 17.5 Å². The Balaban J connectivity index is 1.32. The Morgan fingerprint density at radius 3 is 2.53 bits per heavy atom. The number of aryl methyl sites for hydroxylation is 1. The van der Waals surface area contributed by atoms with Crippen LogP contribution in [-0.2, 0) is 32.4 Å². The van der Waals surface area contributed by atoms with Crippen molar-refractivity contribution in [1.29, 1.82) is 0 Å². The fourth-order valence-electron chi connectivity index (χ4n) is 6.39. The van der Waals surface area contributed by atoms with Crippen LogP contribution in [0.25, 0.3) is 0 Å². The summed E-state index contributed by atoms with van der Waals surface area (Å²) in [4.78, 5) is 15.8. The highest BCUT2D eigenvalue weighted by Gasteiger charge is 2.53. The third-order valence-electron chi connectivity index (χ3n) is 10.5. The number of carbonyl (C=O) groups excluding carboxylic acids is 1. The first-order chi connectivity index (χ1) is 23.1. The maximum atomic E-state index is 15.0. The molecule has 3 aliphatic heterocycles. The molecule has 49 heavy (non-hydrogen) atoms. The molecule has 0 radical (unpaired) electrons. The van der Waals surface area contributed by atoms with Gasteiger partial charge in [-0.3, -0.25) is 4.79 Å². The average molecular weight is 718 g/mol. The Labute approximate surface area is 296 Å². The summed E-state index contributed by atoms with van der Waals surface area (Å²) in [7, 11) is -5.26. The Morgan fingerprint density at radius 2 is 1.84 bits per heavy atom. The molecule has 5 rings (SSSR count). The molecule has 3 aliphatic rings. The molecule has 2 aromatic carbocycles. The molecule has 0 aliphatic carbocycles. The zero-order valence-electron chi connectivity index (χ0n) is 29.5. The van der Waals surface area contributed by atoms with E-state index in [2.05, 4.69) is 14.9 Å². The van der Waals surface area contributed by atoms with Crippen molar-refractivity contribution in [2.45, 2.75) is 109 Å². The smallest absolute Gasteiger partial charge is 0.487 e. The highest BCUT2D eigenvalue weighted by atomic mass is 35.5. The lowest BCUT2D eigenvalue weighted by Crippen LogP contribution is -2.41. The highest BCUT2D eigenvalue weighted by Crippen LogP contribution is 2.39. The number of sulfonamides is 1. The van der Waals surface area contributed by atoms with Crippen LogP contribution in [0.15, 0.2) is 48.2 Å². The highest BCUT2D eigenvalue weighted by molar-refractivity contribution is 7.90. The first kappa shape index (κ1) is 37.6. The molecule has 3 heterocycles. The molecule has 9 nitrogen and oxygen atoms in total. The van der Waals surface area contributed by atoms with E-state index in [9.17, 15) is 13.2 Å². The largest absolute Gasteiger partial charge is 0.524 e. The van der Waals surface area contributed by atoms with Crippen molar-refractivity contribution in [2.75, 3.05) is 24.5 Å². The van der Waals surface area contributed by atoms with Gasteiger partial charge < -0.3 is 24.3 Å². The number of carbonyl (C=O) groups is 1. The third-order valence-corrected chi connectivity index (χ3v) is 12.7. The van der Waals surface area contributed by atoms with E-state index in [0.717, 1.165) is 68.6 Å². The number of nitrogens with one attached hydrogen (secondary N) is 2. The zero-order valence-corrected chi connectivity index (χ0v) is 31.1. The van der Waals surface area contributed by atoms with Gasteiger partial charge in [0.25, 0.3) is 5.91 Å². The van der Waals surface area contributed by atoms with Crippen LogP contribution in [0.3, 0.4) is 0 Å². The second-order valence-electron chi connectivity index (χ2n) is 14.7. The van der Waals surface area contributed by atoms with Crippen molar-refractivity contribution < 1.29 is 31.6 Å². The number of rotatable bonds is 9. The van der Waals surface area contributed by atoms with Crippen LogP contribution in [0.2, 0.25) is 5.02 Å². The summed E-state index contributed by atoms with van der Waals surface area (Å²) in [6, 6.07) is 11.2. The second kappa shape index (κ2) is 15.3. The number of benzene rings is 2. The minimum Gasteiger partial charge on any atom is -0.487 e. The maximum absolute atomic E-state index is 15.0. The fraction of sp³-hybridized carbons (Fsp3) is 0.583. The molecule has 0 bridgehead atoms. The van der Waals surface area contributed by atoms with Gasteiger partial charge in [0.15, 0.2) is 0 Å². The molecular weight excluding hydrogens is 668 g/mol. The first-order valence-corrected chi connectivity index (χ1v) is 19.3. The number of allylic oxidation sites excluding steroid dienone is 1. The van der Waals surface area contributed by atoms with E-state index in [1.165, 1.54) is 13.0 Å². The van der Waals surface area contributed by atoms with E-state index in [-0.39, 0.29) is 12.0 Å². The zero-order chi connectivity index (χ0) is 35.6. The van der Waals surface area contributed by atoms with Crippen molar-refractivity contribution in [2.24, 2.45) is 5.92 Å². The van der Waals surface area contributed by atoms with E-state index in [4.69, 9.17) is 25.6 Å². The number of ether oxygens (including phenoxy) is 1. The van der Waals surface area contributed by atoms with E-state index < -0.39 is 51.1 Å². The van der Waals surface area contributed by atoms with Crippen LogP contribution in [0, 0.1) is 5.92 Å². The van der Waals surface area contributed by atoms with Crippen LogP contribution < -0.4 is 19.7 Å². The minimum absolute atomic E-state index is 0.113. The van der Waals surface area contributed by atoms with Gasteiger partial charge in [-0.2, -0.15) is 0 Å². The Hall–Kier alpha value is -2.64. The fourth-order valence-corrected chi connectivity index (χ4v) is 7.87. The van der Waals surface area contributed by atoms with Crippen LogP contribution in [0.5, 0.6) is 5.75 Å². The van der Waals surface area contributed by atoms with Crippen molar-refractivity contribution in [1.82, 2.24) is 10.0 Å². The summed E-state index contributed by atoms with van der Waals surface area (Å²) in [5.41, 5.74) is 1.19. The lowest BCUT2D eigenvalue weighted by molar-refractivity contribution is 0.00578. The van der Waals surface area contributed by atoms with Crippen LogP contribution in [0.1, 0.15) is 95.1 Å². The standard InChI is InChI=1S/C36H50BClFN3O6S/c1-24(12-17-33(39)37-47-35(3,4)36(5,6)48-37)25(2)49(44,45)41-34(43)27-14-16-32-31(21-27)42(22-30-11-9-18-40-30)19-8-7-10-26-20-29(38)15-13-28(26)23-46-32/h13-17,20-21,24-25,30,40H,7-12,18-19,22-23H2,1-6H3,(H,41,43)/b33-17-/t24-,25+,30-/m0/s1. The molecule has 1 amide bonds. The first-order valence-electron chi connectivity index (χ1n) is 17.4. The molecule has 13 heteroatoms. The molecule has 2 saturated heterocycles. The molecular formula is C36H50BClFN3O6S. The topological polar surface area (TPSA) is 106 Å². The van der Waals surface area contributed by atoms with Gasteiger partial charge in [0.05, 0.1) is 22.1 Å². The predicted molar refractivity (Wildman–Crippen MR) is 193 cm³/mol. The number of fused-ring (bicyclic) bond motifs is 2. The number of hydrogen-bond donors (Lipinski definition) is 2. The molecule has 3 atom stereocenters. The Kier molecular flexibility index (Phi) is 11.8. The Morgan fingerprint density at radius 1 is 1.10 bits per heavy atom. The van der Waals surface area contributed by atoms with E-state index in [1.807, 2.05) is 45.9 Å². The maximum Gasteiger partial charge on any atom is 0.524 e. The second-order valence-corrected chi connectivity index (χ2v) is 17.1. The van der Waals surface area contributed by atoms with Gasteiger partial charge in [0.1, 0.15) is 18.1 Å². The van der Waals surface area contributed by atoms with Gasteiger partial charge in [0, 0.05) is 29.7 Å². The SMILES string of the molecule is C[C@H]([C@@H](C)C/C=C(\F)B1OC(C)(C)C(C)(C)O1)S(=O)(=O)NC(=O)c1ccc2c(c1)N(C[C@@H]1CCCN1)CCCCc1cc(Cl)ccc1CO2. The normalized spacial score (nSPS) is 22.4. The molecule has 0 unspecified atom stereocenters. The minimum atomic E-state index is -4.11. The number of anilines is 1. The molecule has 0 aromatic heterocycles. The van der Waals surface area contributed by atoms with Crippen molar-refractivity contribution >= 4 is 40.3 Å². The summed E-state index contributed by atoms with van der Waals surface area (Å²) in [6.07, 6.45) is 6.35. The molecule has 2 fully saturated rings. The third kappa shape index (κ3) is 9.00. The number of halogens is 2. The molecule has 2 N–H and O–H groups in total. The van der Waals surface area contributed by atoms with Gasteiger partial charge in [-0.05, 0) is 127 Å². The summed E-state index contributed by atoms with van der Waals surface area (Å²) in [5.74, 6) is -0.613. The van der Waals surface area contributed by atoms with Crippen LogP contribution in [0.4, 0.5) is 10.1 Å². The van der Waals surface area contributed by atoms with Gasteiger partial charge in [-0.15, -0.1) is 0 Å². The summed E-state index contributed by atoms with van der Waals surface area (Å²) < 4.78 is 62.1. The van der Waals surface area contributed by atoms with Gasteiger partial charge >= 0.3 is 7.12 Å². The molecule has 0 saturated carbocycles. The predicted octanol–water partition coefficient (Wildman–Crippen LogP) is 6.77. The van der Waals surface area contributed by atoms with Crippen LogP contribution in [-0.4, -0.2) is 63.6 Å². The molecule has 0 spiro atoms. The average Bonchev–Trinajstić information content (AvgIpc) is 3.63. The van der Waals surface area contributed by atoms with E-state index in [0.29, 0.717) is 23.4 Å². The van der Waals surface area contributed by atoms with Crippen molar-refractivity contribution in [3.63, 3.8) is 0 Å². The van der Waals surface area contributed by atoms with E-state index in [1.54, 1.807) is 25.1 Å². The number of hydrogen-bond acceptors (Lipinski definition) is 8. The summed E-state index contributed by atoms with van der Waals surface area (Å²) >= 11 is 6.31. The Bertz CT molecular complexity index is 1630. The monoisotopic (exact) mass is 717 g/mol. The van der Waals surface area contributed by atoms with Crippen LogP contribution >= 0.6 is 11.6 Å². The molecule has 268 valence electrons. The lowest BCUT2D eigenvalue weighted by atomic mass is 9.86. The summed E-state index contributed by atoms with van der Waals surface area (Å²) in [5, 5.41) is 3.28. The van der Waals surface area contributed by atoms with Crippen molar-refractivity contribution in [3.05, 3.63) is 69.9 Å². The molecule has 2 aromatic rings. The summed E-state index contributed by atoms with van der Waals surface area (Å²) in [6.45, 7) is 13.4. The lowest BCUT2D eigenvalue weighted by Gasteiger charge is -2.32. The number of amides is 1. The van der Waals surface area contributed by atoms with Gasteiger partial charge in [-0.1, -0.05) is 30.7 Å². The number of nitrogens with zero attached hydrogens (tertiary/aromatic N) is 1.